The normalized spacial score (nSPS) is 13.7. The molecule has 1 aliphatic rings. The topological polar surface area (TPSA) is 84.0 Å². The maximum absolute atomic E-state index is 12.5. The van der Waals surface area contributed by atoms with Crippen LogP contribution >= 0.6 is 0 Å². The van der Waals surface area contributed by atoms with Crippen molar-refractivity contribution in [3.63, 3.8) is 0 Å². The molecule has 3 rings (SSSR count). The quantitative estimate of drug-likeness (QED) is 0.676. The second-order valence-electron chi connectivity index (χ2n) is 6.76. The average Bonchev–Trinajstić information content (AvgIpc) is 2.79. The van der Waals surface area contributed by atoms with Crippen LogP contribution in [0.3, 0.4) is 0 Å². The lowest BCUT2D eigenvalue weighted by Crippen LogP contribution is -2.45. The van der Waals surface area contributed by atoms with Crippen LogP contribution in [0, 0.1) is 0 Å². The zero-order valence-electron chi connectivity index (χ0n) is 16.8. The lowest BCUT2D eigenvalue weighted by molar-refractivity contribution is -0.118. The number of ether oxygens (including phenoxy) is 2. The zero-order valence-corrected chi connectivity index (χ0v) is 16.8. The van der Waals surface area contributed by atoms with E-state index in [1.54, 1.807) is 31.5 Å². The first-order valence-electron chi connectivity index (χ1n) is 9.53. The number of benzene rings is 1. The monoisotopic (exact) mass is 398 g/mol. The number of hydrogen-bond acceptors (Lipinski definition) is 6. The molecule has 8 heteroatoms. The van der Waals surface area contributed by atoms with E-state index >= 15 is 0 Å². The summed E-state index contributed by atoms with van der Waals surface area (Å²) in [7, 11) is 3.20. The maximum atomic E-state index is 12.5. The Morgan fingerprint density at radius 2 is 1.86 bits per heavy atom. The summed E-state index contributed by atoms with van der Waals surface area (Å²) >= 11 is 0. The van der Waals surface area contributed by atoms with Crippen LogP contribution in [-0.2, 0) is 11.2 Å². The number of amides is 2. The Kier molecular flexibility index (Phi) is 6.89. The molecule has 1 fully saturated rings. The number of aromatic nitrogens is 1. The van der Waals surface area contributed by atoms with Crippen LogP contribution in [-0.4, -0.2) is 69.1 Å². The van der Waals surface area contributed by atoms with Gasteiger partial charge in [0.2, 0.25) is 6.41 Å². The molecule has 1 saturated heterocycles. The second-order valence-corrected chi connectivity index (χ2v) is 6.76. The van der Waals surface area contributed by atoms with Crippen molar-refractivity contribution in [2.75, 3.05) is 51.8 Å². The van der Waals surface area contributed by atoms with Gasteiger partial charge in [-0.15, -0.1) is 0 Å². The van der Waals surface area contributed by atoms with Gasteiger partial charge in [-0.25, -0.2) is 0 Å². The maximum Gasteiger partial charge on any atom is 0.252 e. The summed E-state index contributed by atoms with van der Waals surface area (Å²) in [6, 6.07) is 7.56. The third-order valence-electron chi connectivity index (χ3n) is 4.96. The molecule has 1 aromatic heterocycles. The van der Waals surface area contributed by atoms with Gasteiger partial charge in [0.1, 0.15) is 0 Å². The number of pyridine rings is 1. The fourth-order valence-electron chi connectivity index (χ4n) is 3.27. The fraction of sp³-hybridized carbons (Fsp3) is 0.381. The smallest absolute Gasteiger partial charge is 0.252 e. The van der Waals surface area contributed by atoms with Crippen LogP contribution in [0.4, 0.5) is 5.69 Å². The van der Waals surface area contributed by atoms with E-state index in [0.29, 0.717) is 43.1 Å². The first kappa shape index (κ1) is 20.4. The number of hydrogen-bond donors (Lipinski definition) is 1. The molecule has 154 valence electrons. The highest BCUT2D eigenvalue weighted by Crippen LogP contribution is 2.27. The highest BCUT2D eigenvalue weighted by Gasteiger charge is 2.17. The van der Waals surface area contributed by atoms with Gasteiger partial charge in [-0.2, -0.15) is 0 Å². The molecule has 0 aliphatic carbocycles. The Hall–Kier alpha value is -3.29. The van der Waals surface area contributed by atoms with Crippen LogP contribution in [0.2, 0.25) is 0 Å². The number of anilines is 1. The minimum absolute atomic E-state index is 0.161. The summed E-state index contributed by atoms with van der Waals surface area (Å²) in [5.74, 6) is 1.19. The van der Waals surface area contributed by atoms with Crippen LogP contribution in [0.1, 0.15) is 15.9 Å². The van der Waals surface area contributed by atoms with Gasteiger partial charge < -0.3 is 24.6 Å². The Morgan fingerprint density at radius 3 is 2.55 bits per heavy atom. The molecule has 0 radical (unpaired) electrons. The second kappa shape index (κ2) is 9.77. The largest absolute Gasteiger partial charge is 0.493 e. The van der Waals surface area contributed by atoms with Gasteiger partial charge in [-0.05, 0) is 30.2 Å². The summed E-state index contributed by atoms with van der Waals surface area (Å²) in [5.41, 5.74) is 2.46. The summed E-state index contributed by atoms with van der Waals surface area (Å²) in [4.78, 5) is 31.5. The first-order valence-corrected chi connectivity index (χ1v) is 9.53. The molecule has 1 N–H and O–H groups in total. The van der Waals surface area contributed by atoms with Crippen molar-refractivity contribution in [2.24, 2.45) is 0 Å². The zero-order chi connectivity index (χ0) is 20.6. The SMILES string of the molecule is COc1ccc(CCNC(=O)c2cncc(N3CCN(C=O)CC3)c2)cc1OC. The summed E-state index contributed by atoms with van der Waals surface area (Å²) in [5, 5.41) is 2.94. The van der Waals surface area contributed by atoms with E-state index in [9.17, 15) is 9.59 Å². The highest BCUT2D eigenvalue weighted by atomic mass is 16.5. The lowest BCUT2D eigenvalue weighted by atomic mass is 10.1. The van der Waals surface area contributed by atoms with Crippen LogP contribution in [0.25, 0.3) is 0 Å². The standard InChI is InChI=1S/C21H26N4O4/c1-28-19-4-3-16(11-20(19)29-2)5-6-23-21(27)17-12-18(14-22-13-17)25-9-7-24(15-26)8-10-25/h3-4,11-15H,5-10H2,1-2H3,(H,23,27). The lowest BCUT2D eigenvalue weighted by Gasteiger charge is -2.34. The molecule has 1 aromatic carbocycles. The first-order chi connectivity index (χ1) is 14.1. The molecule has 0 saturated carbocycles. The van der Waals surface area contributed by atoms with E-state index in [-0.39, 0.29) is 5.91 Å². The number of piperazine rings is 1. The molecule has 1 aliphatic heterocycles. The molecule has 8 nitrogen and oxygen atoms in total. The molecule has 0 unspecified atom stereocenters. The third kappa shape index (κ3) is 5.16. The third-order valence-corrected chi connectivity index (χ3v) is 4.96. The van der Waals surface area contributed by atoms with Gasteiger partial charge in [-0.1, -0.05) is 6.07 Å². The van der Waals surface area contributed by atoms with Crippen molar-refractivity contribution in [1.82, 2.24) is 15.2 Å². The Morgan fingerprint density at radius 1 is 1.10 bits per heavy atom. The molecule has 2 amide bonds. The number of carbonyl (C=O) groups is 2. The summed E-state index contributed by atoms with van der Waals surface area (Å²) < 4.78 is 10.6. The molecule has 2 heterocycles. The number of rotatable bonds is 8. The van der Waals surface area contributed by atoms with Crippen molar-refractivity contribution in [1.29, 1.82) is 0 Å². The minimum atomic E-state index is -0.161. The molecular weight excluding hydrogens is 372 g/mol. The Balaban J connectivity index is 1.55. The van der Waals surface area contributed by atoms with Crippen molar-refractivity contribution < 1.29 is 19.1 Å². The van der Waals surface area contributed by atoms with Crippen LogP contribution in [0.15, 0.2) is 36.7 Å². The van der Waals surface area contributed by atoms with Gasteiger partial charge >= 0.3 is 0 Å². The van der Waals surface area contributed by atoms with E-state index < -0.39 is 0 Å². The van der Waals surface area contributed by atoms with E-state index in [1.807, 2.05) is 24.3 Å². The van der Waals surface area contributed by atoms with Crippen molar-refractivity contribution in [3.8, 4) is 11.5 Å². The number of nitrogens with zero attached hydrogens (tertiary/aromatic N) is 3. The van der Waals surface area contributed by atoms with Crippen LogP contribution < -0.4 is 19.7 Å². The molecule has 0 bridgehead atoms. The van der Waals surface area contributed by atoms with E-state index in [1.165, 1.54) is 0 Å². The van der Waals surface area contributed by atoms with E-state index in [4.69, 9.17) is 9.47 Å². The Bertz CT molecular complexity index is 850. The minimum Gasteiger partial charge on any atom is -0.493 e. The van der Waals surface area contributed by atoms with Crippen molar-refractivity contribution in [3.05, 3.63) is 47.8 Å². The molecule has 0 spiro atoms. The van der Waals surface area contributed by atoms with Gasteiger partial charge in [0.05, 0.1) is 31.7 Å². The molecule has 0 atom stereocenters. The average molecular weight is 398 g/mol. The van der Waals surface area contributed by atoms with E-state index in [2.05, 4.69) is 15.2 Å². The summed E-state index contributed by atoms with van der Waals surface area (Å²) in [6.07, 6.45) is 4.86. The van der Waals surface area contributed by atoms with Gasteiger partial charge in [0.25, 0.3) is 5.91 Å². The molecular formula is C21H26N4O4. The van der Waals surface area contributed by atoms with Crippen molar-refractivity contribution in [2.45, 2.75) is 6.42 Å². The molecule has 2 aromatic rings. The Labute approximate surface area is 170 Å². The van der Waals surface area contributed by atoms with Crippen molar-refractivity contribution >= 4 is 18.0 Å². The fourth-order valence-corrected chi connectivity index (χ4v) is 3.27. The van der Waals surface area contributed by atoms with Gasteiger partial charge in [0, 0.05) is 38.9 Å². The van der Waals surface area contributed by atoms with Gasteiger partial charge in [0.15, 0.2) is 11.5 Å². The van der Waals surface area contributed by atoms with Crippen LogP contribution in [0.5, 0.6) is 11.5 Å². The predicted molar refractivity (Wildman–Crippen MR) is 110 cm³/mol. The highest BCUT2D eigenvalue weighted by molar-refractivity contribution is 5.94. The number of nitrogens with one attached hydrogen (secondary N) is 1. The molecule has 29 heavy (non-hydrogen) atoms. The van der Waals surface area contributed by atoms with E-state index in [0.717, 1.165) is 30.8 Å². The van der Waals surface area contributed by atoms with Gasteiger partial charge in [-0.3, -0.25) is 14.6 Å². The number of carbonyl (C=O) groups excluding carboxylic acids is 2. The summed E-state index contributed by atoms with van der Waals surface area (Å²) in [6.45, 7) is 3.29. The predicted octanol–water partition coefficient (Wildman–Crippen LogP) is 1.35. The number of methoxy groups -OCH3 is 2.